The maximum atomic E-state index is 12.8. The normalized spacial score (nSPS) is 21.6. The predicted octanol–water partition coefficient (Wildman–Crippen LogP) is -2.31. The van der Waals surface area contributed by atoms with Crippen molar-refractivity contribution in [2.45, 2.75) is 6.54 Å². The summed E-state index contributed by atoms with van der Waals surface area (Å²) in [6, 6.07) is 1.47. The first-order valence-electron chi connectivity index (χ1n) is 9.12. The van der Waals surface area contributed by atoms with Crippen LogP contribution in [0.2, 0.25) is 0 Å². The molecular formula is C16H28N6O4S. The van der Waals surface area contributed by atoms with Gasteiger partial charge in [0.25, 0.3) is 15.8 Å². The van der Waals surface area contributed by atoms with Crippen LogP contribution >= 0.6 is 0 Å². The molecule has 0 spiro atoms. The maximum absolute atomic E-state index is 12.8. The molecule has 1 aromatic heterocycles. The predicted molar refractivity (Wildman–Crippen MR) is 102 cm³/mol. The van der Waals surface area contributed by atoms with Crippen LogP contribution in [0.1, 0.15) is 5.69 Å². The largest absolute Gasteiger partial charge is 0.330 e. The van der Waals surface area contributed by atoms with Gasteiger partial charge in [-0.2, -0.15) is 17.0 Å². The van der Waals surface area contributed by atoms with Gasteiger partial charge in [-0.1, -0.05) is 0 Å². The van der Waals surface area contributed by atoms with Crippen molar-refractivity contribution in [1.82, 2.24) is 27.5 Å². The molecule has 2 saturated heterocycles. The van der Waals surface area contributed by atoms with Crippen LogP contribution in [0, 0.1) is 0 Å². The highest BCUT2D eigenvalue weighted by molar-refractivity contribution is 7.86. The van der Waals surface area contributed by atoms with E-state index in [1.54, 1.807) is 11.4 Å². The van der Waals surface area contributed by atoms with E-state index in [1.165, 1.54) is 22.0 Å². The molecule has 2 fully saturated rings. The van der Waals surface area contributed by atoms with Crippen LogP contribution in [0.3, 0.4) is 0 Å². The average molecular weight is 401 g/mol. The summed E-state index contributed by atoms with van der Waals surface area (Å²) in [5, 5.41) is 0. The molecule has 2 aliphatic heterocycles. The van der Waals surface area contributed by atoms with Crippen LogP contribution < -0.4 is 11.2 Å². The SMILES string of the molecule is CN1CCN(S(=O)(=O)N2CCN(Cc3cc(=O)n(C)c(=O)n3C)CC2)CC1. The van der Waals surface area contributed by atoms with Crippen LogP contribution in [-0.4, -0.2) is 95.4 Å². The van der Waals surface area contributed by atoms with E-state index in [0.29, 0.717) is 51.5 Å². The van der Waals surface area contributed by atoms with Crippen molar-refractivity contribution >= 4 is 10.2 Å². The van der Waals surface area contributed by atoms with Gasteiger partial charge in [0.15, 0.2) is 0 Å². The molecule has 27 heavy (non-hydrogen) atoms. The first kappa shape index (κ1) is 20.2. The second-order valence-corrected chi connectivity index (χ2v) is 9.19. The third-order valence-electron chi connectivity index (χ3n) is 5.46. The first-order chi connectivity index (χ1) is 12.7. The van der Waals surface area contributed by atoms with Crippen molar-refractivity contribution < 1.29 is 8.42 Å². The van der Waals surface area contributed by atoms with Crippen LogP contribution in [0.4, 0.5) is 0 Å². The Kier molecular flexibility index (Phi) is 5.87. The highest BCUT2D eigenvalue weighted by atomic mass is 32.2. The summed E-state index contributed by atoms with van der Waals surface area (Å²) in [6.07, 6.45) is 0. The van der Waals surface area contributed by atoms with E-state index in [1.807, 2.05) is 7.05 Å². The van der Waals surface area contributed by atoms with Crippen molar-refractivity contribution in [2.24, 2.45) is 14.1 Å². The van der Waals surface area contributed by atoms with Crippen molar-refractivity contribution in [2.75, 3.05) is 59.4 Å². The molecule has 0 bridgehead atoms. The molecule has 0 amide bonds. The standard InChI is InChI=1S/C16H28N6O4S/c1-17-4-8-21(9-5-17)27(25,26)22-10-6-20(7-11-22)13-14-12-15(23)19(3)16(24)18(14)2/h12H,4-11,13H2,1-3H3. The lowest BCUT2D eigenvalue weighted by molar-refractivity contribution is 0.162. The molecule has 0 saturated carbocycles. The summed E-state index contributed by atoms with van der Waals surface area (Å²) in [5.74, 6) is 0. The summed E-state index contributed by atoms with van der Waals surface area (Å²) in [4.78, 5) is 28.1. The second kappa shape index (κ2) is 7.84. The zero-order valence-electron chi connectivity index (χ0n) is 16.2. The Balaban J connectivity index is 1.63. The smallest absolute Gasteiger partial charge is 0.304 e. The lowest BCUT2D eigenvalue weighted by Gasteiger charge is -2.39. The van der Waals surface area contributed by atoms with Gasteiger partial charge in [-0.25, -0.2) is 4.79 Å². The zero-order valence-corrected chi connectivity index (χ0v) is 17.0. The van der Waals surface area contributed by atoms with Gasteiger partial charge < -0.3 is 4.90 Å². The van der Waals surface area contributed by atoms with E-state index in [2.05, 4.69) is 9.80 Å². The molecule has 0 N–H and O–H groups in total. The molecule has 0 atom stereocenters. The lowest BCUT2D eigenvalue weighted by Crippen LogP contribution is -2.56. The van der Waals surface area contributed by atoms with Gasteiger partial charge in [-0.15, -0.1) is 0 Å². The quantitative estimate of drug-likeness (QED) is 0.564. The van der Waals surface area contributed by atoms with Crippen LogP contribution in [0.15, 0.2) is 15.7 Å². The topological polar surface area (TPSA) is 91.1 Å². The van der Waals surface area contributed by atoms with Crippen molar-refractivity contribution in [3.05, 3.63) is 32.6 Å². The molecule has 3 heterocycles. The Hall–Kier alpha value is -1.53. The number of nitrogens with zero attached hydrogens (tertiary/aromatic N) is 6. The van der Waals surface area contributed by atoms with Crippen LogP contribution in [0.5, 0.6) is 0 Å². The number of rotatable bonds is 4. The van der Waals surface area contributed by atoms with E-state index in [4.69, 9.17) is 0 Å². The molecule has 3 rings (SSSR count). The lowest BCUT2D eigenvalue weighted by atomic mass is 10.3. The van der Waals surface area contributed by atoms with Gasteiger partial charge in [-0.05, 0) is 7.05 Å². The van der Waals surface area contributed by atoms with Crippen molar-refractivity contribution in [3.8, 4) is 0 Å². The Morgan fingerprint density at radius 3 is 1.89 bits per heavy atom. The Morgan fingerprint density at radius 2 is 1.33 bits per heavy atom. The third kappa shape index (κ3) is 4.16. The zero-order chi connectivity index (χ0) is 19.8. The van der Waals surface area contributed by atoms with Gasteiger partial charge in [0, 0.05) is 84.8 Å². The number of likely N-dealkylation sites (N-methyl/N-ethyl adjacent to an activating group) is 1. The molecule has 0 radical (unpaired) electrons. The number of piperazine rings is 2. The van der Waals surface area contributed by atoms with E-state index >= 15 is 0 Å². The summed E-state index contributed by atoms with van der Waals surface area (Å²) in [7, 11) is 1.66. The molecule has 0 aromatic carbocycles. The summed E-state index contributed by atoms with van der Waals surface area (Å²) < 4.78 is 31.3. The average Bonchev–Trinajstić information content (AvgIpc) is 2.65. The van der Waals surface area contributed by atoms with Gasteiger partial charge in [0.2, 0.25) is 0 Å². The van der Waals surface area contributed by atoms with Gasteiger partial charge >= 0.3 is 5.69 Å². The molecule has 0 unspecified atom stereocenters. The second-order valence-electron chi connectivity index (χ2n) is 7.26. The Morgan fingerprint density at radius 1 is 0.815 bits per heavy atom. The fourth-order valence-corrected chi connectivity index (χ4v) is 5.04. The van der Waals surface area contributed by atoms with Crippen LogP contribution in [0.25, 0.3) is 0 Å². The van der Waals surface area contributed by atoms with Crippen LogP contribution in [-0.2, 0) is 30.8 Å². The maximum Gasteiger partial charge on any atom is 0.330 e. The minimum Gasteiger partial charge on any atom is -0.304 e. The third-order valence-corrected chi connectivity index (χ3v) is 7.49. The molecule has 152 valence electrons. The Bertz CT molecular complexity index is 892. The van der Waals surface area contributed by atoms with E-state index in [0.717, 1.165) is 17.7 Å². The van der Waals surface area contributed by atoms with E-state index in [9.17, 15) is 18.0 Å². The summed E-state index contributed by atoms with van der Waals surface area (Å²) in [6.45, 7) is 4.94. The molecule has 2 aliphatic rings. The Labute approximate surface area is 159 Å². The monoisotopic (exact) mass is 400 g/mol. The molecule has 0 aliphatic carbocycles. The van der Waals surface area contributed by atoms with Gasteiger partial charge in [-0.3, -0.25) is 18.8 Å². The highest BCUT2D eigenvalue weighted by Crippen LogP contribution is 2.15. The van der Waals surface area contributed by atoms with E-state index in [-0.39, 0.29) is 11.2 Å². The molecule has 11 heteroatoms. The van der Waals surface area contributed by atoms with Gasteiger partial charge in [0.05, 0.1) is 0 Å². The van der Waals surface area contributed by atoms with Crippen molar-refractivity contribution in [3.63, 3.8) is 0 Å². The number of aromatic nitrogens is 2. The van der Waals surface area contributed by atoms with Gasteiger partial charge in [0.1, 0.15) is 0 Å². The molecular weight excluding hydrogens is 372 g/mol. The highest BCUT2D eigenvalue weighted by Gasteiger charge is 2.33. The minimum absolute atomic E-state index is 0.329. The molecule has 1 aromatic rings. The minimum atomic E-state index is -3.43. The number of hydrogen-bond donors (Lipinski definition) is 0. The first-order valence-corrected chi connectivity index (χ1v) is 10.5. The number of hydrogen-bond acceptors (Lipinski definition) is 6. The summed E-state index contributed by atoms with van der Waals surface area (Å²) >= 11 is 0. The van der Waals surface area contributed by atoms with Crippen molar-refractivity contribution in [1.29, 1.82) is 0 Å². The van der Waals surface area contributed by atoms with E-state index < -0.39 is 10.2 Å². The fraction of sp³-hybridized carbons (Fsp3) is 0.750. The fourth-order valence-electron chi connectivity index (χ4n) is 3.46. The molecule has 10 nitrogen and oxygen atoms in total. The summed E-state index contributed by atoms with van der Waals surface area (Å²) in [5.41, 5.74) is -0.0448.